The molecule has 1 saturated heterocycles. The SMILES string of the molecule is C[C@]1(O)CCC[C@@H]1n1c(=O)ccc2cnc(Nc3ccc(S(=O)(=O)C4CCNCC4)cc3)nc21. The van der Waals surface area contributed by atoms with Gasteiger partial charge in [0.05, 0.1) is 21.8 Å². The van der Waals surface area contributed by atoms with Gasteiger partial charge in [0.25, 0.3) is 5.56 Å². The summed E-state index contributed by atoms with van der Waals surface area (Å²) in [5, 5.41) is 17.5. The highest BCUT2D eigenvalue weighted by molar-refractivity contribution is 7.92. The van der Waals surface area contributed by atoms with E-state index in [1.807, 2.05) is 0 Å². The van der Waals surface area contributed by atoms with E-state index in [-0.39, 0.29) is 16.9 Å². The van der Waals surface area contributed by atoms with Gasteiger partial charge in [0.15, 0.2) is 9.84 Å². The molecule has 1 aliphatic heterocycles. The molecule has 9 nitrogen and oxygen atoms in total. The predicted octanol–water partition coefficient (Wildman–Crippen LogP) is 2.54. The van der Waals surface area contributed by atoms with Crippen LogP contribution in [0.2, 0.25) is 0 Å². The second-order valence-corrected chi connectivity index (χ2v) is 11.7. The summed E-state index contributed by atoms with van der Waals surface area (Å²) in [6, 6.07) is 9.41. The second kappa shape index (κ2) is 8.75. The van der Waals surface area contributed by atoms with Crippen LogP contribution in [0.1, 0.15) is 45.1 Å². The summed E-state index contributed by atoms with van der Waals surface area (Å²) < 4.78 is 27.4. The average molecular weight is 484 g/mol. The van der Waals surface area contributed by atoms with Crippen LogP contribution >= 0.6 is 0 Å². The molecular formula is C24H29N5O4S. The van der Waals surface area contributed by atoms with Crippen molar-refractivity contribution in [2.75, 3.05) is 18.4 Å². The van der Waals surface area contributed by atoms with E-state index in [9.17, 15) is 18.3 Å². The summed E-state index contributed by atoms with van der Waals surface area (Å²) in [6.45, 7) is 3.18. The molecule has 2 aromatic heterocycles. The van der Waals surface area contributed by atoms with Gasteiger partial charge < -0.3 is 15.7 Å². The lowest BCUT2D eigenvalue weighted by Gasteiger charge is -2.28. The minimum Gasteiger partial charge on any atom is -0.388 e. The van der Waals surface area contributed by atoms with Gasteiger partial charge in [0, 0.05) is 23.3 Å². The van der Waals surface area contributed by atoms with Gasteiger partial charge in [-0.3, -0.25) is 9.36 Å². The van der Waals surface area contributed by atoms with Gasteiger partial charge in [-0.05, 0) is 82.4 Å². The van der Waals surface area contributed by atoms with Crippen molar-refractivity contribution >= 4 is 32.5 Å². The molecule has 2 atom stereocenters. The average Bonchev–Trinajstić information content (AvgIpc) is 3.18. The Morgan fingerprint density at radius 2 is 1.85 bits per heavy atom. The number of hydrogen-bond acceptors (Lipinski definition) is 8. The Morgan fingerprint density at radius 3 is 2.53 bits per heavy atom. The lowest BCUT2D eigenvalue weighted by atomic mass is 10.00. The van der Waals surface area contributed by atoms with Gasteiger partial charge in [0.2, 0.25) is 5.95 Å². The molecule has 34 heavy (non-hydrogen) atoms. The van der Waals surface area contributed by atoms with Crippen LogP contribution in [0.5, 0.6) is 0 Å². The Balaban J connectivity index is 1.43. The molecule has 0 unspecified atom stereocenters. The second-order valence-electron chi connectivity index (χ2n) is 9.42. The summed E-state index contributed by atoms with van der Waals surface area (Å²) >= 11 is 0. The summed E-state index contributed by atoms with van der Waals surface area (Å²) in [5.41, 5.74) is -0.0906. The first-order valence-corrected chi connectivity index (χ1v) is 13.2. The minimum atomic E-state index is -3.37. The number of benzene rings is 1. The molecule has 2 fully saturated rings. The van der Waals surface area contributed by atoms with Crippen molar-refractivity contribution in [3.63, 3.8) is 0 Å². The van der Waals surface area contributed by atoms with Crippen molar-refractivity contribution in [2.45, 2.75) is 60.8 Å². The molecule has 5 rings (SSSR count). The number of piperidine rings is 1. The van der Waals surface area contributed by atoms with Gasteiger partial charge in [-0.2, -0.15) is 4.98 Å². The molecule has 10 heteroatoms. The summed E-state index contributed by atoms with van der Waals surface area (Å²) in [7, 11) is -3.37. The molecule has 1 saturated carbocycles. The fraction of sp³-hybridized carbons (Fsp3) is 0.458. The first-order chi connectivity index (χ1) is 16.3. The number of hydrogen-bond donors (Lipinski definition) is 3. The number of rotatable bonds is 5. The fourth-order valence-electron chi connectivity index (χ4n) is 5.09. The summed E-state index contributed by atoms with van der Waals surface area (Å²) in [5.74, 6) is 0.290. The number of aromatic nitrogens is 3. The Labute approximate surface area is 198 Å². The van der Waals surface area contributed by atoms with E-state index >= 15 is 0 Å². The van der Waals surface area contributed by atoms with E-state index in [1.165, 1.54) is 6.07 Å². The van der Waals surface area contributed by atoms with Gasteiger partial charge in [-0.15, -0.1) is 0 Å². The monoisotopic (exact) mass is 483 g/mol. The third-order valence-electron chi connectivity index (χ3n) is 7.02. The zero-order valence-corrected chi connectivity index (χ0v) is 19.9. The van der Waals surface area contributed by atoms with Crippen LogP contribution in [0.3, 0.4) is 0 Å². The van der Waals surface area contributed by atoms with E-state index in [1.54, 1.807) is 48.0 Å². The van der Waals surface area contributed by atoms with E-state index in [2.05, 4.69) is 20.6 Å². The Bertz CT molecular complexity index is 1360. The largest absolute Gasteiger partial charge is 0.388 e. The molecule has 1 aromatic carbocycles. The smallest absolute Gasteiger partial charge is 0.252 e. The van der Waals surface area contributed by atoms with Crippen molar-refractivity contribution in [1.29, 1.82) is 0 Å². The zero-order chi connectivity index (χ0) is 23.9. The lowest BCUT2D eigenvalue weighted by Crippen LogP contribution is -2.37. The number of sulfone groups is 1. The number of aliphatic hydroxyl groups is 1. The summed E-state index contributed by atoms with van der Waals surface area (Å²) in [4.78, 5) is 22.0. The molecule has 0 radical (unpaired) electrons. The Kier molecular flexibility index (Phi) is 5.91. The van der Waals surface area contributed by atoms with Crippen LogP contribution in [0.4, 0.5) is 11.6 Å². The van der Waals surface area contributed by atoms with Crippen LogP contribution in [-0.4, -0.2) is 52.0 Å². The quantitative estimate of drug-likeness (QED) is 0.505. The van der Waals surface area contributed by atoms with Gasteiger partial charge >= 0.3 is 0 Å². The van der Waals surface area contributed by atoms with E-state index in [4.69, 9.17) is 0 Å². The van der Waals surface area contributed by atoms with Crippen LogP contribution in [0.15, 0.2) is 52.3 Å². The number of nitrogens with zero attached hydrogens (tertiary/aromatic N) is 3. The normalized spacial score (nSPS) is 23.9. The standard InChI is InChI=1S/C24H29N5O4S/c1-24(31)12-2-3-20(24)29-21(30)9-4-16-15-26-23(28-22(16)29)27-17-5-7-18(8-6-17)34(32,33)19-10-13-25-14-11-19/h4-9,15,19-20,25,31H,2-3,10-14H2,1H3,(H,26,27,28)/t20-,24-/m0/s1. The van der Waals surface area contributed by atoms with Gasteiger partial charge in [-0.25, -0.2) is 13.4 Å². The predicted molar refractivity (Wildman–Crippen MR) is 130 cm³/mol. The maximum Gasteiger partial charge on any atom is 0.252 e. The molecule has 0 amide bonds. The van der Waals surface area contributed by atoms with Crippen molar-refractivity contribution < 1.29 is 13.5 Å². The van der Waals surface area contributed by atoms with Crippen molar-refractivity contribution in [3.8, 4) is 0 Å². The molecule has 1 aliphatic carbocycles. The van der Waals surface area contributed by atoms with Crippen molar-refractivity contribution in [2.24, 2.45) is 0 Å². The number of pyridine rings is 1. The zero-order valence-electron chi connectivity index (χ0n) is 19.1. The fourth-order valence-corrected chi connectivity index (χ4v) is 6.85. The number of fused-ring (bicyclic) bond motifs is 1. The molecule has 3 aromatic rings. The third kappa shape index (κ3) is 4.21. The first-order valence-electron chi connectivity index (χ1n) is 11.7. The van der Waals surface area contributed by atoms with E-state index < -0.39 is 15.4 Å². The third-order valence-corrected chi connectivity index (χ3v) is 9.30. The highest BCUT2D eigenvalue weighted by Crippen LogP contribution is 2.39. The van der Waals surface area contributed by atoms with E-state index in [0.29, 0.717) is 66.3 Å². The van der Waals surface area contributed by atoms with Crippen molar-refractivity contribution in [1.82, 2.24) is 19.9 Å². The lowest BCUT2D eigenvalue weighted by molar-refractivity contribution is 0.0267. The topological polar surface area (TPSA) is 126 Å². The molecule has 3 N–H and O–H groups in total. The van der Waals surface area contributed by atoms with Crippen LogP contribution in [-0.2, 0) is 9.84 Å². The highest BCUT2D eigenvalue weighted by Gasteiger charge is 2.39. The van der Waals surface area contributed by atoms with E-state index in [0.717, 1.165) is 6.42 Å². The molecule has 3 heterocycles. The number of anilines is 2. The molecule has 0 spiro atoms. The Hall–Kier alpha value is -2.82. The van der Waals surface area contributed by atoms with Gasteiger partial charge in [0.1, 0.15) is 5.65 Å². The molecule has 2 aliphatic rings. The summed E-state index contributed by atoms with van der Waals surface area (Å²) in [6.07, 6.45) is 5.03. The molecule has 0 bridgehead atoms. The first kappa shape index (κ1) is 22.9. The molecular weight excluding hydrogens is 454 g/mol. The maximum absolute atomic E-state index is 12.9. The maximum atomic E-state index is 12.9. The van der Waals surface area contributed by atoms with Gasteiger partial charge in [-0.1, -0.05) is 0 Å². The van der Waals surface area contributed by atoms with Crippen molar-refractivity contribution in [3.05, 3.63) is 52.9 Å². The molecule has 180 valence electrons. The van der Waals surface area contributed by atoms with Crippen LogP contribution < -0.4 is 16.2 Å². The minimum absolute atomic E-state index is 0.211. The van der Waals surface area contributed by atoms with Crippen LogP contribution in [0, 0.1) is 0 Å². The number of nitrogens with one attached hydrogen (secondary N) is 2. The Morgan fingerprint density at radius 1 is 1.12 bits per heavy atom. The van der Waals surface area contributed by atoms with Crippen LogP contribution in [0.25, 0.3) is 11.0 Å². The highest BCUT2D eigenvalue weighted by atomic mass is 32.2.